The standard InChI is InChI=1S/C13H10N2O4/c14-12(16)8-2-1-3-9(6-8)19-11-7-15-5-4-10(11)13(17)18/h1-7H,(H2,14,16)(H,17,18). The zero-order valence-electron chi connectivity index (χ0n) is 9.74. The largest absolute Gasteiger partial charge is 0.478 e. The van der Waals surface area contributed by atoms with E-state index in [1.165, 1.54) is 30.6 Å². The van der Waals surface area contributed by atoms with Crippen molar-refractivity contribution in [2.75, 3.05) is 0 Å². The Labute approximate surface area is 108 Å². The highest BCUT2D eigenvalue weighted by Gasteiger charge is 2.12. The maximum atomic E-state index is 11.0. The number of carbonyl (C=O) groups is 2. The van der Waals surface area contributed by atoms with E-state index in [0.29, 0.717) is 5.75 Å². The average molecular weight is 258 g/mol. The van der Waals surface area contributed by atoms with Gasteiger partial charge in [-0.25, -0.2) is 4.79 Å². The number of carboxylic acid groups (broad SMARTS) is 1. The second-order valence-electron chi connectivity index (χ2n) is 3.67. The molecule has 2 aromatic rings. The second kappa shape index (κ2) is 5.18. The smallest absolute Gasteiger partial charge is 0.339 e. The Morgan fingerprint density at radius 1 is 1.26 bits per heavy atom. The van der Waals surface area contributed by atoms with E-state index in [0.717, 1.165) is 0 Å². The average Bonchev–Trinajstić information content (AvgIpc) is 2.39. The van der Waals surface area contributed by atoms with Crippen molar-refractivity contribution in [2.45, 2.75) is 0 Å². The van der Waals surface area contributed by atoms with Crippen molar-refractivity contribution in [3.63, 3.8) is 0 Å². The fourth-order valence-corrected chi connectivity index (χ4v) is 1.48. The summed E-state index contributed by atoms with van der Waals surface area (Å²) in [7, 11) is 0. The molecular weight excluding hydrogens is 248 g/mol. The first-order valence-electron chi connectivity index (χ1n) is 5.33. The third kappa shape index (κ3) is 2.86. The Morgan fingerprint density at radius 2 is 2.05 bits per heavy atom. The number of hydrogen-bond donors (Lipinski definition) is 2. The molecule has 0 unspecified atom stereocenters. The van der Waals surface area contributed by atoms with Crippen molar-refractivity contribution >= 4 is 11.9 Å². The summed E-state index contributed by atoms with van der Waals surface area (Å²) in [5.74, 6) is -1.30. The molecule has 0 spiro atoms. The quantitative estimate of drug-likeness (QED) is 0.868. The lowest BCUT2D eigenvalue weighted by molar-refractivity contribution is 0.0693. The molecule has 3 N–H and O–H groups in total. The summed E-state index contributed by atoms with van der Waals surface area (Å²) in [6.45, 7) is 0. The Kier molecular flexibility index (Phi) is 3.42. The number of carboxylic acids is 1. The normalized spacial score (nSPS) is 9.89. The van der Waals surface area contributed by atoms with Crippen LogP contribution in [0.1, 0.15) is 20.7 Å². The molecule has 6 nitrogen and oxygen atoms in total. The zero-order valence-corrected chi connectivity index (χ0v) is 9.74. The molecule has 0 aliphatic heterocycles. The van der Waals surface area contributed by atoms with E-state index in [1.54, 1.807) is 12.1 Å². The monoisotopic (exact) mass is 258 g/mol. The predicted molar refractivity (Wildman–Crippen MR) is 66.2 cm³/mol. The summed E-state index contributed by atoms with van der Waals surface area (Å²) in [6.07, 6.45) is 2.65. The Bertz CT molecular complexity index is 640. The van der Waals surface area contributed by atoms with Crippen LogP contribution in [0, 0.1) is 0 Å². The molecule has 1 aromatic carbocycles. The van der Waals surface area contributed by atoms with Crippen LogP contribution < -0.4 is 10.5 Å². The predicted octanol–water partition coefficient (Wildman–Crippen LogP) is 1.67. The van der Waals surface area contributed by atoms with Crippen molar-refractivity contribution in [1.29, 1.82) is 0 Å². The van der Waals surface area contributed by atoms with Crippen molar-refractivity contribution in [2.24, 2.45) is 5.73 Å². The van der Waals surface area contributed by atoms with Gasteiger partial charge in [0.15, 0.2) is 5.75 Å². The highest BCUT2D eigenvalue weighted by atomic mass is 16.5. The number of benzene rings is 1. The SMILES string of the molecule is NC(=O)c1cccc(Oc2cnccc2C(=O)O)c1. The topological polar surface area (TPSA) is 103 Å². The van der Waals surface area contributed by atoms with Gasteiger partial charge in [-0.1, -0.05) is 6.07 Å². The number of aromatic carboxylic acids is 1. The maximum Gasteiger partial charge on any atom is 0.339 e. The molecule has 19 heavy (non-hydrogen) atoms. The minimum atomic E-state index is -1.12. The van der Waals surface area contributed by atoms with Gasteiger partial charge in [0.1, 0.15) is 11.3 Å². The third-order valence-corrected chi connectivity index (χ3v) is 2.36. The summed E-state index contributed by atoms with van der Waals surface area (Å²) < 4.78 is 5.41. The fourth-order valence-electron chi connectivity index (χ4n) is 1.48. The highest BCUT2D eigenvalue weighted by molar-refractivity contribution is 5.93. The fraction of sp³-hybridized carbons (Fsp3) is 0. The van der Waals surface area contributed by atoms with Gasteiger partial charge in [-0.05, 0) is 24.3 Å². The van der Waals surface area contributed by atoms with Gasteiger partial charge >= 0.3 is 5.97 Å². The van der Waals surface area contributed by atoms with Crippen LogP contribution in [-0.2, 0) is 0 Å². The summed E-state index contributed by atoms with van der Waals surface area (Å²) in [5, 5.41) is 9.00. The van der Waals surface area contributed by atoms with Crippen LogP contribution in [0.5, 0.6) is 11.5 Å². The molecule has 0 atom stereocenters. The number of ether oxygens (including phenoxy) is 1. The van der Waals surface area contributed by atoms with E-state index in [-0.39, 0.29) is 16.9 Å². The molecule has 96 valence electrons. The molecule has 0 bridgehead atoms. The van der Waals surface area contributed by atoms with Crippen molar-refractivity contribution in [1.82, 2.24) is 4.98 Å². The Balaban J connectivity index is 2.34. The molecule has 0 radical (unpaired) electrons. The number of pyridine rings is 1. The van der Waals surface area contributed by atoms with Gasteiger partial charge in [-0.15, -0.1) is 0 Å². The molecule has 0 fully saturated rings. The van der Waals surface area contributed by atoms with Crippen LogP contribution in [0.2, 0.25) is 0 Å². The van der Waals surface area contributed by atoms with E-state index >= 15 is 0 Å². The first-order chi connectivity index (χ1) is 9.08. The third-order valence-electron chi connectivity index (χ3n) is 2.36. The molecule has 2 rings (SSSR count). The lowest BCUT2D eigenvalue weighted by atomic mass is 10.2. The van der Waals surface area contributed by atoms with Crippen LogP contribution in [0.4, 0.5) is 0 Å². The van der Waals surface area contributed by atoms with E-state index in [9.17, 15) is 9.59 Å². The van der Waals surface area contributed by atoms with Crippen LogP contribution in [0.3, 0.4) is 0 Å². The van der Waals surface area contributed by atoms with Crippen LogP contribution in [0.15, 0.2) is 42.7 Å². The molecule has 1 aromatic heterocycles. The summed E-state index contributed by atoms with van der Waals surface area (Å²) >= 11 is 0. The van der Waals surface area contributed by atoms with E-state index in [1.807, 2.05) is 0 Å². The maximum absolute atomic E-state index is 11.0. The van der Waals surface area contributed by atoms with Gasteiger partial charge in [-0.2, -0.15) is 0 Å². The number of aromatic nitrogens is 1. The van der Waals surface area contributed by atoms with Gasteiger partial charge in [0.2, 0.25) is 5.91 Å². The lowest BCUT2D eigenvalue weighted by Gasteiger charge is -2.08. The number of primary amides is 1. The van der Waals surface area contributed by atoms with Crippen molar-refractivity contribution in [3.8, 4) is 11.5 Å². The van der Waals surface area contributed by atoms with Crippen LogP contribution in [0.25, 0.3) is 0 Å². The second-order valence-corrected chi connectivity index (χ2v) is 3.67. The first-order valence-corrected chi connectivity index (χ1v) is 5.33. The van der Waals surface area contributed by atoms with Gasteiger partial charge in [0.25, 0.3) is 0 Å². The Morgan fingerprint density at radius 3 is 2.74 bits per heavy atom. The van der Waals surface area contributed by atoms with E-state index in [4.69, 9.17) is 15.6 Å². The summed E-state index contributed by atoms with van der Waals surface area (Å²) in [6, 6.07) is 7.48. The van der Waals surface area contributed by atoms with Crippen molar-refractivity contribution in [3.05, 3.63) is 53.9 Å². The molecule has 0 saturated carbocycles. The molecule has 1 amide bonds. The lowest BCUT2D eigenvalue weighted by Crippen LogP contribution is -2.10. The number of carbonyl (C=O) groups excluding carboxylic acids is 1. The van der Waals surface area contributed by atoms with Gasteiger partial charge in [0, 0.05) is 11.8 Å². The first kappa shape index (κ1) is 12.6. The van der Waals surface area contributed by atoms with Crippen LogP contribution >= 0.6 is 0 Å². The molecule has 1 heterocycles. The molecule has 6 heteroatoms. The molecule has 0 aliphatic carbocycles. The zero-order chi connectivity index (χ0) is 13.8. The molecular formula is C13H10N2O4. The number of rotatable bonds is 4. The van der Waals surface area contributed by atoms with Crippen molar-refractivity contribution < 1.29 is 19.4 Å². The molecule has 0 saturated heterocycles. The van der Waals surface area contributed by atoms with Gasteiger partial charge in [0.05, 0.1) is 6.20 Å². The van der Waals surface area contributed by atoms with Crippen LogP contribution in [-0.4, -0.2) is 22.0 Å². The number of nitrogens with two attached hydrogens (primary N) is 1. The van der Waals surface area contributed by atoms with E-state index < -0.39 is 11.9 Å². The summed E-state index contributed by atoms with van der Waals surface area (Å²) in [5.41, 5.74) is 5.42. The minimum Gasteiger partial charge on any atom is -0.478 e. The molecule has 0 aliphatic rings. The van der Waals surface area contributed by atoms with Gasteiger partial charge in [-0.3, -0.25) is 9.78 Å². The Hall–Kier alpha value is -2.89. The highest BCUT2D eigenvalue weighted by Crippen LogP contribution is 2.24. The minimum absolute atomic E-state index is 0.0144. The summed E-state index contributed by atoms with van der Waals surface area (Å²) in [4.78, 5) is 25.8. The van der Waals surface area contributed by atoms with E-state index in [2.05, 4.69) is 4.98 Å². The number of hydrogen-bond acceptors (Lipinski definition) is 4. The number of nitrogens with zero attached hydrogens (tertiary/aromatic N) is 1. The van der Waals surface area contributed by atoms with Gasteiger partial charge < -0.3 is 15.6 Å². The number of amides is 1.